The maximum absolute atomic E-state index is 12.9. The predicted octanol–water partition coefficient (Wildman–Crippen LogP) is 3.32. The van der Waals surface area contributed by atoms with Crippen molar-refractivity contribution in [1.29, 1.82) is 0 Å². The van der Waals surface area contributed by atoms with E-state index in [2.05, 4.69) is 4.90 Å². The molecule has 0 atom stereocenters. The average Bonchev–Trinajstić information content (AvgIpc) is 3.23. The van der Waals surface area contributed by atoms with Crippen molar-refractivity contribution >= 4 is 28.5 Å². The molecule has 0 radical (unpaired) electrons. The molecule has 142 valence electrons. The molecule has 6 nitrogen and oxygen atoms in total. The largest absolute Gasteiger partial charge is 0.301 e. The summed E-state index contributed by atoms with van der Waals surface area (Å²) in [6.07, 6.45) is 3.81. The van der Waals surface area contributed by atoms with Crippen molar-refractivity contribution in [3.63, 3.8) is 0 Å². The van der Waals surface area contributed by atoms with Gasteiger partial charge in [-0.3, -0.25) is 14.3 Å². The summed E-state index contributed by atoms with van der Waals surface area (Å²) < 4.78 is 1.93. The van der Waals surface area contributed by atoms with Gasteiger partial charge in [-0.2, -0.15) is 5.10 Å². The molecule has 0 saturated carbocycles. The quantitative estimate of drug-likeness (QED) is 0.658. The van der Waals surface area contributed by atoms with Crippen LogP contribution in [-0.4, -0.2) is 46.1 Å². The Labute approximate surface area is 163 Å². The number of anilines is 1. The number of carbonyl (C=O) groups is 2. The van der Waals surface area contributed by atoms with Crippen LogP contribution in [0.5, 0.6) is 0 Å². The first-order valence-electron chi connectivity index (χ1n) is 9.90. The van der Waals surface area contributed by atoms with Crippen LogP contribution in [0.1, 0.15) is 40.0 Å². The summed E-state index contributed by atoms with van der Waals surface area (Å²) in [5.41, 5.74) is 1.84. The molecule has 1 aromatic heterocycles. The molecule has 28 heavy (non-hydrogen) atoms. The minimum atomic E-state index is -0.299. The van der Waals surface area contributed by atoms with Gasteiger partial charge in [-0.05, 0) is 50.2 Å². The molecule has 2 aromatic carbocycles. The van der Waals surface area contributed by atoms with Crippen LogP contribution in [0.2, 0.25) is 0 Å². The predicted molar refractivity (Wildman–Crippen MR) is 108 cm³/mol. The van der Waals surface area contributed by atoms with E-state index in [1.54, 1.807) is 24.3 Å². The van der Waals surface area contributed by atoms with E-state index in [0.717, 1.165) is 37.1 Å². The van der Waals surface area contributed by atoms with Gasteiger partial charge < -0.3 is 4.90 Å². The number of rotatable bonds is 4. The van der Waals surface area contributed by atoms with Crippen LogP contribution in [0.25, 0.3) is 10.9 Å². The summed E-state index contributed by atoms with van der Waals surface area (Å²) in [5, 5.41) is 5.54. The number of benzene rings is 2. The highest BCUT2D eigenvalue weighted by Crippen LogP contribution is 2.32. The number of hydrogen-bond donors (Lipinski definition) is 0. The van der Waals surface area contributed by atoms with Crippen LogP contribution < -0.4 is 4.90 Å². The summed E-state index contributed by atoms with van der Waals surface area (Å²) in [6, 6.07) is 14.8. The third-order valence-electron chi connectivity index (χ3n) is 5.72. The van der Waals surface area contributed by atoms with E-state index in [0.29, 0.717) is 16.9 Å². The first-order valence-corrected chi connectivity index (χ1v) is 9.90. The van der Waals surface area contributed by atoms with E-state index in [1.165, 1.54) is 24.2 Å². The van der Waals surface area contributed by atoms with Gasteiger partial charge in [0.1, 0.15) is 0 Å². The summed E-state index contributed by atoms with van der Waals surface area (Å²) in [7, 11) is 0. The van der Waals surface area contributed by atoms with Gasteiger partial charge in [-0.15, -0.1) is 0 Å². The number of aromatic nitrogens is 2. The lowest BCUT2D eigenvalue weighted by atomic mass is 10.1. The molecule has 0 unspecified atom stereocenters. The lowest BCUT2D eigenvalue weighted by Crippen LogP contribution is -2.33. The minimum Gasteiger partial charge on any atom is -0.301 e. The van der Waals surface area contributed by atoms with Crippen LogP contribution in [0.15, 0.2) is 48.5 Å². The molecule has 3 aromatic rings. The van der Waals surface area contributed by atoms with E-state index in [1.807, 2.05) is 28.9 Å². The lowest BCUT2D eigenvalue weighted by Gasteiger charge is -2.26. The van der Waals surface area contributed by atoms with E-state index >= 15 is 0 Å². The SMILES string of the molecule is O=C1c2ccccc2C(=O)N1c1nn(CCN2CCCCC2)c2ccccc12. The molecule has 6 heteroatoms. The normalized spacial score (nSPS) is 17.5. The molecule has 0 bridgehead atoms. The average molecular weight is 374 g/mol. The van der Waals surface area contributed by atoms with Gasteiger partial charge in [0.15, 0.2) is 5.82 Å². The maximum Gasteiger partial charge on any atom is 0.267 e. The summed E-state index contributed by atoms with van der Waals surface area (Å²) >= 11 is 0. The summed E-state index contributed by atoms with van der Waals surface area (Å²) in [4.78, 5) is 29.5. The number of hydrogen-bond acceptors (Lipinski definition) is 4. The Bertz CT molecular complexity index is 1030. The number of piperidine rings is 1. The van der Waals surface area contributed by atoms with Gasteiger partial charge >= 0.3 is 0 Å². The Morgan fingerprint density at radius 2 is 1.43 bits per heavy atom. The van der Waals surface area contributed by atoms with Crippen molar-refractivity contribution in [2.45, 2.75) is 25.8 Å². The van der Waals surface area contributed by atoms with Crippen molar-refractivity contribution in [1.82, 2.24) is 14.7 Å². The molecule has 2 amide bonds. The van der Waals surface area contributed by atoms with Gasteiger partial charge in [0.2, 0.25) is 0 Å². The number of fused-ring (bicyclic) bond motifs is 2. The first-order chi connectivity index (χ1) is 13.7. The fourth-order valence-corrected chi connectivity index (χ4v) is 4.25. The molecule has 2 aliphatic heterocycles. The monoisotopic (exact) mass is 374 g/mol. The maximum atomic E-state index is 12.9. The number of carbonyl (C=O) groups excluding carboxylic acids is 2. The van der Waals surface area contributed by atoms with Crippen molar-refractivity contribution in [2.75, 3.05) is 24.5 Å². The zero-order chi connectivity index (χ0) is 19.1. The second-order valence-electron chi connectivity index (χ2n) is 7.46. The van der Waals surface area contributed by atoms with Crippen molar-refractivity contribution in [3.05, 3.63) is 59.7 Å². The summed E-state index contributed by atoms with van der Waals surface area (Å²) in [6.45, 7) is 3.92. The van der Waals surface area contributed by atoms with Gasteiger partial charge in [0.25, 0.3) is 11.8 Å². The highest BCUT2D eigenvalue weighted by Gasteiger charge is 2.38. The number of nitrogens with zero attached hydrogens (tertiary/aromatic N) is 4. The molecular weight excluding hydrogens is 352 g/mol. The van der Waals surface area contributed by atoms with E-state index in [-0.39, 0.29) is 11.8 Å². The number of amides is 2. The minimum absolute atomic E-state index is 0.299. The number of likely N-dealkylation sites (tertiary alicyclic amines) is 1. The van der Waals surface area contributed by atoms with Crippen LogP contribution in [-0.2, 0) is 6.54 Å². The molecule has 3 heterocycles. The van der Waals surface area contributed by atoms with Gasteiger partial charge in [0, 0.05) is 11.9 Å². The van der Waals surface area contributed by atoms with Crippen LogP contribution in [0.4, 0.5) is 5.82 Å². The molecule has 2 aliphatic rings. The molecule has 0 aliphatic carbocycles. The Morgan fingerprint density at radius 1 is 0.786 bits per heavy atom. The molecule has 0 N–H and O–H groups in total. The fraction of sp³-hybridized carbons (Fsp3) is 0.318. The van der Waals surface area contributed by atoms with E-state index in [4.69, 9.17) is 5.10 Å². The Balaban J connectivity index is 1.50. The van der Waals surface area contributed by atoms with Crippen molar-refractivity contribution in [3.8, 4) is 0 Å². The highest BCUT2D eigenvalue weighted by molar-refractivity contribution is 6.35. The Morgan fingerprint density at radius 3 is 2.14 bits per heavy atom. The van der Waals surface area contributed by atoms with Crippen LogP contribution in [0.3, 0.4) is 0 Å². The highest BCUT2D eigenvalue weighted by atomic mass is 16.2. The molecule has 1 fully saturated rings. The summed E-state index contributed by atoms with van der Waals surface area (Å²) in [5.74, 6) is -0.167. The smallest absolute Gasteiger partial charge is 0.267 e. The fourth-order valence-electron chi connectivity index (χ4n) is 4.25. The topological polar surface area (TPSA) is 58.4 Å². The zero-order valence-corrected chi connectivity index (χ0v) is 15.7. The second kappa shape index (κ2) is 6.87. The molecule has 5 rings (SSSR count). The van der Waals surface area contributed by atoms with Crippen LogP contribution in [0, 0.1) is 0 Å². The van der Waals surface area contributed by atoms with Crippen molar-refractivity contribution < 1.29 is 9.59 Å². The second-order valence-corrected chi connectivity index (χ2v) is 7.46. The zero-order valence-electron chi connectivity index (χ0n) is 15.7. The van der Waals surface area contributed by atoms with Crippen LogP contribution >= 0.6 is 0 Å². The number of imide groups is 1. The van der Waals surface area contributed by atoms with Gasteiger partial charge in [-0.1, -0.05) is 30.7 Å². The van der Waals surface area contributed by atoms with Crippen molar-refractivity contribution in [2.24, 2.45) is 0 Å². The Kier molecular flexibility index (Phi) is 4.20. The van der Waals surface area contributed by atoms with Gasteiger partial charge in [-0.25, -0.2) is 4.90 Å². The molecule has 0 spiro atoms. The van der Waals surface area contributed by atoms with Gasteiger partial charge in [0.05, 0.1) is 23.2 Å². The standard InChI is InChI=1S/C22H22N4O2/c27-21-16-8-2-3-9-17(16)22(28)26(21)20-18-10-4-5-11-19(18)25(23-20)15-14-24-12-6-1-7-13-24/h2-5,8-11H,1,6-7,12-15H2. The number of para-hydroxylation sites is 1. The lowest BCUT2D eigenvalue weighted by molar-refractivity contribution is 0.0925. The third kappa shape index (κ3) is 2.72. The van der Waals surface area contributed by atoms with E-state index in [9.17, 15) is 9.59 Å². The first kappa shape index (κ1) is 17.1. The Hall–Kier alpha value is -2.99. The molecule has 1 saturated heterocycles. The molecular formula is C22H22N4O2. The third-order valence-corrected chi connectivity index (χ3v) is 5.72. The van der Waals surface area contributed by atoms with E-state index < -0.39 is 0 Å².